The maximum Gasteiger partial charge on any atom is 0.246 e. The standard InChI is InChI=1S/C14H20FNO3S/c1-11-6-7-14(13(15)10-11)20(18,19)16-8-2-4-12(16)5-3-9-17/h6-7,10,12,17H,2-5,8-9H2,1H3. The van der Waals surface area contributed by atoms with E-state index in [4.69, 9.17) is 5.11 Å². The van der Waals surface area contributed by atoms with Crippen molar-refractivity contribution in [2.75, 3.05) is 13.2 Å². The second kappa shape index (κ2) is 6.20. The van der Waals surface area contributed by atoms with E-state index in [-0.39, 0.29) is 17.5 Å². The Hall–Kier alpha value is -0.980. The molecule has 1 aliphatic heterocycles. The van der Waals surface area contributed by atoms with E-state index < -0.39 is 15.8 Å². The summed E-state index contributed by atoms with van der Waals surface area (Å²) in [5.41, 5.74) is 0.694. The van der Waals surface area contributed by atoms with E-state index in [1.807, 2.05) is 0 Å². The van der Waals surface area contributed by atoms with Crippen LogP contribution >= 0.6 is 0 Å². The third kappa shape index (κ3) is 3.02. The average Bonchev–Trinajstić information content (AvgIpc) is 2.84. The zero-order valence-electron chi connectivity index (χ0n) is 11.5. The van der Waals surface area contributed by atoms with Gasteiger partial charge in [-0.1, -0.05) is 6.07 Å². The van der Waals surface area contributed by atoms with Gasteiger partial charge in [-0.05, 0) is 50.3 Å². The fourth-order valence-corrected chi connectivity index (χ4v) is 4.45. The van der Waals surface area contributed by atoms with Gasteiger partial charge in [0.25, 0.3) is 0 Å². The van der Waals surface area contributed by atoms with Gasteiger partial charge in [0.15, 0.2) is 0 Å². The first kappa shape index (κ1) is 15.4. The van der Waals surface area contributed by atoms with Crippen LogP contribution in [-0.4, -0.2) is 37.0 Å². The monoisotopic (exact) mass is 301 g/mol. The molecule has 0 aromatic heterocycles. The third-order valence-corrected chi connectivity index (χ3v) is 5.68. The highest BCUT2D eigenvalue weighted by molar-refractivity contribution is 7.89. The Balaban J connectivity index is 2.29. The molecule has 0 amide bonds. The van der Waals surface area contributed by atoms with Crippen LogP contribution in [0.5, 0.6) is 0 Å². The van der Waals surface area contributed by atoms with E-state index in [0.29, 0.717) is 24.9 Å². The molecule has 1 aromatic carbocycles. The molecule has 1 N–H and O–H groups in total. The van der Waals surface area contributed by atoms with Crippen molar-refractivity contribution >= 4 is 10.0 Å². The summed E-state index contributed by atoms with van der Waals surface area (Å²) in [6.45, 7) is 2.19. The first-order valence-corrected chi connectivity index (χ1v) is 8.29. The summed E-state index contributed by atoms with van der Waals surface area (Å²) >= 11 is 0. The number of aliphatic hydroxyl groups is 1. The Morgan fingerprint density at radius 1 is 1.45 bits per heavy atom. The van der Waals surface area contributed by atoms with Gasteiger partial charge in [0.1, 0.15) is 10.7 Å². The van der Waals surface area contributed by atoms with Gasteiger partial charge in [-0.3, -0.25) is 0 Å². The highest BCUT2D eigenvalue weighted by Gasteiger charge is 2.36. The van der Waals surface area contributed by atoms with E-state index in [2.05, 4.69) is 0 Å². The molecule has 1 atom stereocenters. The number of aliphatic hydroxyl groups excluding tert-OH is 1. The molecule has 0 spiro atoms. The summed E-state index contributed by atoms with van der Waals surface area (Å²) in [7, 11) is -3.79. The second-order valence-corrected chi connectivity index (χ2v) is 7.07. The van der Waals surface area contributed by atoms with Crippen LogP contribution in [0.2, 0.25) is 0 Å². The number of halogens is 1. The van der Waals surface area contributed by atoms with E-state index in [1.54, 1.807) is 13.0 Å². The highest BCUT2D eigenvalue weighted by atomic mass is 32.2. The summed E-state index contributed by atoms with van der Waals surface area (Å²) in [4.78, 5) is -0.251. The van der Waals surface area contributed by atoms with Crippen molar-refractivity contribution in [1.82, 2.24) is 4.31 Å². The topological polar surface area (TPSA) is 57.6 Å². The number of nitrogens with zero attached hydrogens (tertiary/aromatic N) is 1. The number of hydrogen-bond donors (Lipinski definition) is 1. The van der Waals surface area contributed by atoms with Gasteiger partial charge in [-0.25, -0.2) is 12.8 Å². The lowest BCUT2D eigenvalue weighted by molar-refractivity contribution is 0.264. The van der Waals surface area contributed by atoms with Crippen molar-refractivity contribution in [3.8, 4) is 0 Å². The number of rotatable bonds is 5. The van der Waals surface area contributed by atoms with E-state index in [1.165, 1.54) is 16.4 Å². The number of benzene rings is 1. The Kier molecular flexibility index (Phi) is 4.78. The van der Waals surface area contributed by atoms with Crippen LogP contribution < -0.4 is 0 Å². The molecule has 0 bridgehead atoms. The lowest BCUT2D eigenvalue weighted by Crippen LogP contribution is -2.36. The maximum absolute atomic E-state index is 13.9. The molecule has 0 radical (unpaired) electrons. The van der Waals surface area contributed by atoms with Crippen molar-refractivity contribution in [3.63, 3.8) is 0 Å². The molecule has 2 rings (SSSR count). The predicted molar refractivity (Wildman–Crippen MR) is 74.4 cm³/mol. The van der Waals surface area contributed by atoms with Crippen LogP contribution in [0.15, 0.2) is 23.1 Å². The SMILES string of the molecule is Cc1ccc(S(=O)(=O)N2CCCC2CCCO)c(F)c1. The van der Waals surface area contributed by atoms with Crippen LogP contribution in [0.25, 0.3) is 0 Å². The van der Waals surface area contributed by atoms with Gasteiger partial charge in [-0.15, -0.1) is 0 Å². The predicted octanol–water partition coefficient (Wildman–Crippen LogP) is 2.06. The smallest absolute Gasteiger partial charge is 0.246 e. The minimum Gasteiger partial charge on any atom is -0.396 e. The van der Waals surface area contributed by atoms with E-state index in [9.17, 15) is 12.8 Å². The first-order chi connectivity index (χ1) is 9.46. The zero-order valence-corrected chi connectivity index (χ0v) is 12.4. The van der Waals surface area contributed by atoms with Gasteiger partial charge < -0.3 is 5.11 Å². The first-order valence-electron chi connectivity index (χ1n) is 6.85. The quantitative estimate of drug-likeness (QED) is 0.905. The minimum atomic E-state index is -3.79. The maximum atomic E-state index is 13.9. The highest BCUT2D eigenvalue weighted by Crippen LogP contribution is 2.29. The molecule has 1 saturated heterocycles. The number of aryl methyl sites for hydroxylation is 1. The second-order valence-electron chi connectivity index (χ2n) is 5.21. The van der Waals surface area contributed by atoms with Crippen LogP contribution in [0.4, 0.5) is 4.39 Å². The normalized spacial score (nSPS) is 20.4. The van der Waals surface area contributed by atoms with Crippen molar-refractivity contribution < 1.29 is 17.9 Å². The molecule has 6 heteroatoms. The molecule has 1 unspecified atom stereocenters. The Morgan fingerprint density at radius 3 is 2.85 bits per heavy atom. The molecule has 1 aromatic rings. The summed E-state index contributed by atoms with van der Waals surface area (Å²) < 4.78 is 40.4. The molecule has 4 nitrogen and oxygen atoms in total. The third-order valence-electron chi connectivity index (χ3n) is 3.69. The largest absolute Gasteiger partial charge is 0.396 e. The lowest BCUT2D eigenvalue weighted by atomic mass is 10.1. The summed E-state index contributed by atoms with van der Waals surface area (Å²) in [5.74, 6) is -0.696. The molecule has 0 aliphatic carbocycles. The molecular weight excluding hydrogens is 281 g/mol. The van der Waals surface area contributed by atoms with E-state index >= 15 is 0 Å². The molecule has 20 heavy (non-hydrogen) atoms. The van der Waals surface area contributed by atoms with Crippen molar-refractivity contribution in [3.05, 3.63) is 29.6 Å². The summed E-state index contributed by atoms with van der Waals surface area (Å²) in [5, 5.41) is 8.88. The van der Waals surface area contributed by atoms with Crippen LogP contribution in [0.1, 0.15) is 31.2 Å². The van der Waals surface area contributed by atoms with Crippen LogP contribution in [0, 0.1) is 12.7 Å². The van der Waals surface area contributed by atoms with Gasteiger partial charge in [0.2, 0.25) is 10.0 Å². The van der Waals surface area contributed by atoms with Gasteiger partial charge in [-0.2, -0.15) is 4.31 Å². The fourth-order valence-electron chi connectivity index (χ4n) is 2.68. The molecule has 1 aliphatic rings. The number of sulfonamides is 1. The van der Waals surface area contributed by atoms with Gasteiger partial charge in [0.05, 0.1) is 0 Å². The van der Waals surface area contributed by atoms with Crippen molar-refractivity contribution in [1.29, 1.82) is 0 Å². The minimum absolute atomic E-state index is 0.0449. The van der Waals surface area contributed by atoms with Crippen molar-refractivity contribution in [2.24, 2.45) is 0 Å². The Bertz CT molecular complexity index is 574. The summed E-state index contributed by atoms with van der Waals surface area (Å²) in [6.07, 6.45) is 2.73. The lowest BCUT2D eigenvalue weighted by Gasteiger charge is -2.24. The average molecular weight is 301 g/mol. The Labute approximate surface area is 119 Å². The molecular formula is C14H20FNO3S. The summed E-state index contributed by atoms with van der Waals surface area (Å²) in [6, 6.07) is 4.05. The zero-order chi connectivity index (χ0) is 14.8. The Morgan fingerprint density at radius 2 is 2.20 bits per heavy atom. The molecule has 0 saturated carbocycles. The van der Waals surface area contributed by atoms with Gasteiger partial charge >= 0.3 is 0 Å². The van der Waals surface area contributed by atoms with Crippen LogP contribution in [0.3, 0.4) is 0 Å². The molecule has 1 fully saturated rings. The van der Waals surface area contributed by atoms with Crippen LogP contribution in [-0.2, 0) is 10.0 Å². The van der Waals surface area contributed by atoms with Crippen molar-refractivity contribution in [2.45, 2.75) is 43.5 Å². The van der Waals surface area contributed by atoms with E-state index in [0.717, 1.165) is 12.8 Å². The van der Waals surface area contributed by atoms with Gasteiger partial charge in [0, 0.05) is 19.2 Å². The number of hydrogen-bond acceptors (Lipinski definition) is 3. The fraction of sp³-hybridized carbons (Fsp3) is 0.571. The molecule has 112 valence electrons. The molecule has 1 heterocycles.